The van der Waals surface area contributed by atoms with Gasteiger partial charge < -0.3 is 36.2 Å². The average Bonchev–Trinajstić information content (AvgIpc) is 2.89. The molecule has 1 saturated carbocycles. The fourth-order valence-electron chi connectivity index (χ4n) is 6.27. The first-order chi connectivity index (χ1) is 18.9. The average molecular weight is 549 g/mol. The van der Waals surface area contributed by atoms with Gasteiger partial charge in [0.25, 0.3) is 5.91 Å². The third-order valence-corrected chi connectivity index (χ3v) is 8.22. The maximum atomic E-state index is 13.7. The Hall–Kier alpha value is -4.15. The molecule has 0 bridgehead atoms. The molecule has 210 valence electrons. The number of rotatable bonds is 6. The van der Waals surface area contributed by atoms with Crippen LogP contribution in [0.1, 0.15) is 43.4 Å². The van der Waals surface area contributed by atoms with Crippen molar-refractivity contribution in [3.05, 3.63) is 63.9 Å². The number of nitrogens with one attached hydrogen (secondary N) is 1. The maximum absolute atomic E-state index is 13.7. The molecule has 40 heavy (non-hydrogen) atoms. The van der Waals surface area contributed by atoms with Crippen molar-refractivity contribution >= 4 is 23.2 Å². The van der Waals surface area contributed by atoms with Gasteiger partial charge in [-0.15, -0.1) is 0 Å². The monoisotopic (exact) mass is 548 g/mol. The molecule has 3 aliphatic rings. The highest BCUT2D eigenvalue weighted by atomic mass is 16.5. The summed E-state index contributed by atoms with van der Waals surface area (Å²) in [6.45, 7) is 4.70. The Morgan fingerprint density at radius 3 is 2.50 bits per heavy atom. The third-order valence-electron chi connectivity index (χ3n) is 8.22. The number of carbonyl (C=O) groups excluding carboxylic acids is 3. The standard InChI is InChI=1S/C30H32N2O8/c1-13(2)32-12-14-4-7-22(40-3)18(8-14)17-5-6-20(33)24-19(17)10-15-9-16-11-21(34)25(29(31)38)28(37)30(16,39)27(36)23(15)26(24)35/h4-8,13,15-16,32-33,35,37,39H,9-12H2,1-3H3,(H2,31,38)/t15-,16+,30+/m1/s1. The molecule has 3 aliphatic carbocycles. The second-order valence-corrected chi connectivity index (χ2v) is 11.0. The number of amides is 1. The Kier molecular flexibility index (Phi) is 6.71. The number of primary amides is 1. The molecule has 10 heteroatoms. The summed E-state index contributed by atoms with van der Waals surface area (Å²) in [6, 6.07) is 9.17. The molecule has 7 N–H and O–H groups in total. The second kappa shape index (κ2) is 9.79. The van der Waals surface area contributed by atoms with Crippen LogP contribution in [0.25, 0.3) is 16.9 Å². The quantitative estimate of drug-likeness (QED) is 0.296. The van der Waals surface area contributed by atoms with E-state index in [0.29, 0.717) is 23.4 Å². The lowest BCUT2D eigenvalue weighted by atomic mass is 9.59. The number of ether oxygens (including phenoxy) is 1. The smallest absolute Gasteiger partial charge is 0.255 e. The van der Waals surface area contributed by atoms with Crippen molar-refractivity contribution < 1.29 is 39.5 Å². The van der Waals surface area contributed by atoms with E-state index in [1.165, 1.54) is 6.07 Å². The molecule has 0 saturated heterocycles. The van der Waals surface area contributed by atoms with Gasteiger partial charge in [0.05, 0.1) is 12.7 Å². The molecule has 2 aromatic rings. The molecular weight excluding hydrogens is 516 g/mol. The Morgan fingerprint density at radius 2 is 1.85 bits per heavy atom. The zero-order valence-corrected chi connectivity index (χ0v) is 22.4. The minimum atomic E-state index is -2.59. The summed E-state index contributed by atoms with van der Waals surface area (Å²) in [6.07, 6.45) is -0.100. The van der Waals surface area contributed by atoms with Gasteiger partial charge in [-0.3, -0.25) is 14.4 Å². The number of methoxy groups -OCH3 is 1. The number of aromatic hydroxyl groups is 1. The zero-order chi connectivity index (χ0) is 29.1. The molecule has 2 aromatic carbocycles. The molecule has 0 aromatic heterocycles. The first-order valence-electron chi connectivity index (χ1n) is 13.1. The minimum absolute atomic E-state index is 0.0393. The summed E-state index contributed by atoms with van der Waals surface area (Å²) >= 11 is 0. The Balaban J connectivity index is 1.67. The van der Waals surface area contributed by atoms with Crippen LogP contribution in [0.3, 0.4) is 0 Å². The van der Waals surface area contributed by atoms with Crippen molar-refractivity contribution in [1.82, 2.24) is 5.32 Å². The van der Waals surface area contributed by atoms with Crippen molar-refractivity contribution in [1.29, 1.82) is 0 Å². The highest BCUT2D eigenvalue weighted by Gasteiger charge is 2.60. The number of fused-ring (bicyclic) bond motifs is 3. The summed E-state index contributed by atoms with van der Waals surface area (Å²) in [5.74, 6) is -5.99. The summed E-state index contributed by atoms with van der Waals surface area (Å²) in [5.41, 5.74) is 4.70. The van der Waals surface area contributed by atoms with Gasteiger partial charge in [-0.25, -0.2) is 0 Å². The first kappa shape index (κ1) is 27.4. The van der Waals surface area contributed by atoms with Gasteiger partial charge >= 0.3 is 0 Å². The van der Waals surface area contributed by atoms with Gasteiger partial charge in [0.1, 0.15) is 28.6 Å². The van der Waals surface area contributed by atoms with E-state index in [9.17, 15) is 34.8 Å². The van der Waals surface area contributed by atoms with E-state index < -0.39 is 52.0 Å². The van der Waals surface area contributed by atoms with Gasteiger partial charge in [-0.05, 0) is 53.6 Å². The molecule has 0 spiro atoms. The second-order valence-electron chi connectivity index (χ2n) is 11.0. The van der Waals surface area contributed by atoms with E-state index in [2.05, 4.69) is 5.32 Å². The van der Waals surface area contributed by atoms with Crippen molar-refractivity contribution in [2.24, 2.45) is 17.6 Å². The predicted octanol–water partition coefficient (Wildman–Crippen LogP) is 2.60. The molecule has 0 radical (unpaired) electrons. The van der Waals surface area contributed by atoms with E-state index in [4.69, 9.17) is 10.5 Å². The van der Waals surface area contributed by atoms with Gasteiger partial charge in [0.15, 0.2) is 11.4 Å². The normalized spacial score (nSPS) is 24.1. The summed E-state index contributed by atoms with van der Waals surface area (Å²) in [5, 5.41) is 47.8. The summed E-state index contributed by atoms with van der Waals surface area (Å²) in [7, 11) is 1.55. The fraction of sp³-hybridized carbons (Fsp3) is 0.367. The largest absolute Gasteiger partial charge is 0.508 e. The van der Waals surface area contributed by atoms with E-state index >= 15 is 0 Å². The summed E-state index contributed by atoms with van der Waals surface area (Å²) < 4.78 is 5.64. The van der Waals surface area contributed by atoms with Gasteiger partial charge in [-0.2, -0.15) is 0 Å². The van der Waals surface area contributed by atoms with Crippen LogP contribution in [0.5, 0.6) is 11.5 Å². The molecule has 1 amide bonds. The van der Waals surface area contributed by atoms with Crippen LogP contribution in [0.2, 0.25) is 0 Å². The number of hydrogen-bond acceptors (Lipinski definition) is 9. The molecular formula is C30H32N2O8. The number of nitrogens with two attached hydrogens (primary N) is 1. The number of carbonyl (C=O) groups is 3. The van der Waals surface area contributed by atoms with E-state index in [-0.39, 0.29) is 42.2 Å². The van der Waals surface area contributed by atoms with Gasteiger partial charge in [0.2, 0.25) is 5.78 Å². The molecule has 0 heterocycles. The van der Waals surface area contributed by atoms with Gasteiger partial charge in [0, 0.05) is 36.1 Å². The molecule has 3 atom stereocenters. The molecule has 0 unspecified atom stereocenters. The fourth-order valence-corrected chi connectivity index (χ4v) is 6.27. The van der Waals surface area contributed by atoms with Crippen LogP contribution in [0.4, 0.5) is 0 Å². The highest BCUT2D eigenvalue weighted by molar-refractivity contribution is 6.22. The van der Waals surface area contributed by atoms with Crippen molar-refractivity contribution in [3.8, 4) is 22.6 Å². The SMILES string of the molecule is COc1ccc(CNC(C)C)cc1-c1ccc(O)c2c1C[C@H]1C[C@H]3CC(=O)C(C(N)=O)=C(O)[C@@]3(O)C(=O)C1=C2O. The third kappa shape index (κ3) is 4.06. The van der Waals surface area contributed by atoms with Crippen molar-refractivity contribution in [2.45, 2.75) is 51.3 Å². The van der Waals surface area contributed by atoms with Crippen LogP contribution in [0, 0.1) is 11.8 Å². The maximum Gasteiger partial charge on any atom is 0.255 e. The number of ketones is 2. The lowest BCUT2D eigenvalue weighted by molar-refractivity contribution is -0.147. The van der Waals surface area contributed by atoms with Crippen LogP contribution >= 0.6 is 0 Å². The molecule has 5 rings (SSSR count). The number of phenols is 1. The molecule has 1 fully saturated rings. The molecule has 0 aliphatic heterocycles. The van der Waals surface area contributed by atoms with E-state index in [0.717, 1.165) is 11.1 Å². The highest BCUT2D eigenvalue weighted by Crippen LogP contribution is 2.53. The Labute approximate surface area is 230 Å². The number of aliphatic hydroxyl groups excluding tert-OH is 2. The van der Waals surface area contributed by atoms with Crippen molar-refractivity contribution in [2.75, 3.05) is 7.11 Å². The number of hydrogen-bond donors (Lipinski definition) is 6. The zero-order valence-electron chi connectivity index (χ0n) is 22.4. The minimum Gasteiger partial charge on any atom is -0.508 e. The van der Waals surface area contributed by atoms with Gasteiger partial charge in [-0.1, -0.05) is 26.0 Å². The first-order valence-corrected chi connectivity index (χ1v) is 13.1. The topological polar surface area (TPSA) is 179 Å². The van der Waals surface area contributed by atoms with Crippen LogP contribution in [0.15, 0.2) is 47.2 Å². The van der Waals surface area contributed by atoms with Crippen LogP contribution in [-0.4, -0.2) is 56.7 Å². The van der Waals surface area contributed by atoms with Crippen molar-refractivity contribution in [3.63, 3.8) is 0 Å². The van der Waals surface area contributed by atoms with E-state index in [1.54, 1.807) is 13.2 Å². The van der Waals surface area contributed by atoms with Crippen LogP contribution in [-0.2, 0) is 27.3 Å². The Morgan fingerprint density at radius 1 is 1.12 bits per heavy atom. The lowest BCUT2D eigenvalue weighted by Crippen LogP contribution is -2.58. The number of phenolic OH excluding ortho intramolecular Hbond substituents is 1. The number of aliphatic hydroxyl groups is 3. The summed E-state index contributed by atoms with van der Waals surface area (Å²) in [4.78, 5) is 38.2. The molecule has 10 nitrogen and oxygen atoms in total. The number of Topliss-reactive ketones (excluding diaryl/α,β-unsaturated/α-hetero) is 2. The Bertz CT molecular complexity index is 1520. The van der Waals surface area contributed by atoms with Crippen LogP contribution < -0.4 is 15.8 Å². The van der Waals surface area contributed by atoms with E-state index in [1.807, 2.05) is 32.0 Å². The lowest BCUT2D eigenvalue weighted by Gasteiger charge is -2.46. The predicted molar refractivity (Wildman–Crippen MR) is 145 cm³/mol. The number of benzene rings is 2.